The average Bonchev–Trinajstić information content (AvgIpc) is 3.29. The summed E-state index contributed by atoms with van der Waals surface area (Å²) < 4.78 is 11.1. The van der Waals surface area contributed by atoms with Crippen LogP contribution in [0.1, 0.15) is 36.8 Å². The third kappa shape index (κ3) is 5.77. The first kappa shape index (κ1) is 23.1. The van der Waals surface area contributed by atoms with Crippen molar-refractivity contribution in [3.8, 4) is 17.6 Å². The van der Waals surface area contributed by atoms with Gasteiger partial charge in [0.05, 0.1) is 17.1 Å². The molecule has 0 aliphatic heterocycles. The van der Waals surface area contributed by atoms with E-state index in [2.05, 4.69) is 5.32 Å². The maximum absolute atomic E-state index is 12.4. The number of nitrogens with one attached hydrogen (secondary N) is 1. The standard InChI is InChI=1S/C23H22ClN3O5/c1-31-21-12-16(9-17(13-25)23(28)26-18-6-2-3-7-18)11-20(24)22(21)32-14-15-5-4-8-19(10-15)27(29)30/h4-5,8-12,18H,2-3,6-7,14H2,1H3,(H,26,28)/b17-9-. The van der Waals surface area contributed by atoms with Crippen molar-refractivity contribution in [3.63, 3.8) is 0 Å². The van der Waals surface area contributed by atoms with Crippen LogP contribution in [-0.4, -0.2) is 24.0 Å². The number of halogens is 1. The molecule has 0 saturated heterocycles. The first-order valence-electron chi connectivity index (χ1n) is 10.1. The molecule has 0 atom stereocenters. The van der Waals surface area contributed by atoms with E-state index in [1.165, 1.54) is 25.3 Å². The molecule has 1 aliphatic carbocycles. The number of nitro benzene ring substituents is 1. The van der Waals surface area contributed by atoms with Gasteiger partial charge in [-0.25, -0.2) is 0 Å². The fourth-order valence-corrected chi connectivity index (χ4v) is 3.80. The Morgan fingerprint density at radius 3 is 2.75 bits per heavy atom. The first-order chi connectivity index (χ1) is 15.4. The summed E-state index contributed by atoms with van der Waals surface area (Å²) >= 11 is 6.38. The molecule has 0 spiro atoms. The van der Waals surface area contributed by atoms with Gasteiger partial charge in [-0.1, -0.05) is 36.6 Å². The quantitative estimate of drug-likeness (QED) is 0.264. The Hall–Kier alpha value is -3.57. The van der Waals surface area contributed by atoms with Crippen LogP contribution >= 0.6 is 11.6 Å². The van der Waals surface area contributed by atoms with E-state index in [1.54, 1.807) is 24.3 Å². The second-order valence-corrected chi connectivity index (χ2v) is 7.78. The van der Waals surface area contributed by atoms with Crippen molar-refractivity contribution in [2.24, 2.45) is 0 Å². The van der Waals surface area contributed by atoms with Crippen LogP contribution in [0.25, 0.3) is 6.08 Å². The maximum atomic E-state index is 12.4. The predicted molar refractivity (Wildman–Crippen MR) is 119 cm³/mol. The lowest BCUT2D eigenvalue weighted by Crippen LogP contribution is -2.33. The molecule has 32 heavy (non-hydrogen) atoms. The third-order valence-corrected chi connectivity index (χ3v) is 5.40. The number of nitro groups is 1. The highest BCUT2D eigenvalue weighted by molar-refractivity contribution is 6.32. The van der Waals surface area contributed by atoms with E-state index in [9.17, 15) is 20.2 Å². The first-order valence-corrected chi connectivity index (χ1v) is 10.5. The molecule has 1 fully saturated rings. The molecule has 0 aromatic heterocycles. The zero-order valence-electron chi connectivity index (χ0n) is 17.5. The van der Waals surface area contributed by atoms with E-state index in [1.807, 2.05) is 6.07 Å². The highest BCUT2D eigenvalue weighted by Gasteiger charge is 2.20. The van der Waals surface area contributed by atoms with E-state index in [4.69, 9.17) is 21.1 Å². The molecule has 0 radical (unpaired) electrons. The van der Waals surface area contributed by atoms with E-state index >= 15 is 0 Å². The summed E-state index contributed by atoms with van der Waals surface area (Å²) in [5.41, 5.74) is 1.04. The summed E-state index contributed by atoms with van der Waals surface area (Å²) in [5, 5.41) is 23.5. The molecule has 1 saturated carbocycles. The van der Waals surface area contributed by atoms with Gasteiger partial charge in [0.2, 0.25) is 0 Å². The molecule has 1 aliphatic rings. The Kier molecular flexibility index (Phi) is 7.68. The molecule has 0 bridgehead atoms. The van der Waals surface area contributed by atoms with Crippen LogP contribution < -0.4 is 14.8 Å². The molecule has 0 heterocycles. The van der Waals surface area contributed by atoms with Crippen LogP contribution in [0.3, 0.4) is 0 Å². The molecule has 1 N–H and O–H groups in total. The molecular formula is C23H22ClN3O5. The van der Waals surface area contributed by atoms with Crippen molar-refractivity contribution in [3.05, 3.63) is 68.2 Å². The predicted octanol–water partition coefficient (Wildman–Crippen LogP) is 4.80. The fourth-order valence-electron chi connectivity index (χ4n) is 3.53. The smallest absolute Gasteiger partial charge is 0.269 e. The van der Waals surface area contributed by atoms with E-state index in [-0.39, 0.29) is 34.7 Å². The number of nitrogens with zero attached hydrogens (tertiary/aromatic N) is 2. The number of carbonyl (C=O) groups is 1. The van der Waals surface area contributed by atoms with Crippen LogP contribution in [0.4, 0.5) is 5.69 Å². The summed E-state index contributed by atoms with van der Waals surface area (Å²) in [4.78, 5) is 22.9. The van der Waals surface area contributed by atoms with Gasteiger partial charge in [0.1, 0.15) is 18.2 Å². The van der Waals surface area contributed by atoms with Gasteiger partial charge in [-0.15, -0.1) is 0 Å². The Balaban J connectivity index is 1.78. The molecule has 2 aromatic rings. The van der Waals surface area contributed by atoms with Crippen LogP contribution in [0.5, 0.6) is 11.5 Å². The minimum Gasteiger partial charge on any atom is -0.493 e. The maximum Gasteiger partial charge on any atom is 0.269 e. The van der Waals surface area contributed by atoms with Gasteiger partial charge in [0.25, 0.3) is 11.6 Å². The monoisotopic (exact) mass is 455 g/mol. The van der Waals surface area contributed by atoms with E-state index in [0.29, 0.717) is 16.9 Å². The van der Waals surface area contributed by atoms with Crippen LogP contribution in [0, 0.1) is 21.4 Å². The zero-order valence-corrected chi connectivity index (χ0v) is 18.2. The summed E-state index contributed by atoms with van der Waals surface area (Å²) in [6.07, 6.45) is 5.42. The van der Waals surface area contributed by atoms with Gasteiger partial charge in [0, 0.05) is 18.2 Å². The second-order valence-electron chi connectivity index (χ2n) is 7.37. The number of carbonyl (C=O) groups excluding carboxylic acids is 1. The van der Waals surface area contributed by atoms with Crippen LogP contribution in [0.15, 0.2) is 42.0 Å². The van der Waals surface area contributed by atoms with Crippen LogP contribution in [-0.2, 0) is 11.4 Å². The lowest BCUT2D eigenvalue weighted by molar-refractivity contribution is -0.384. The Labute approximate surface area is 190 Å². The van der Waals surface area contributed by atoms with Crippen LogP contribution in [0.2, 0.25) is 5.02 Å². The molecule has 0 unspecified atom stereocenters. The fraction of sp³-hybridized carbons (Fsp3) is 0.304. The molecule has 9 heteroatoms. The minimum absolute atomic E-state index is 0.0275. The molecule has 166 valence electrons. The zero-order chi connectivity index (χ0) is 23.1. The number of amides is 1. The number of rotatable bonds is 8. The van der Waals surface area contributed by atoms with Gasteiger partial charge in [-0.2, -0.15) is 5.26 Å². The van der Waals surface area contributed by atoms with Gasteiger partial charge in [0.15, 0.2) is 11.5 Å². The summed E-state index contributed by atoms with van der Waals surface area (Å²) in [7, 11) is 1.44. The lowest BCUT2D eigenvalue weighted by atomic mass is 10.1. The number of hydrogen-bond acceptors (Lipinski definition) is 6. The Morgan fingerprint density at radius 1 is 1.34 bits per heavy atom. The number of nitriles is 1. The number of ether oxygens (including phenoxy) is 2. The van der Waals surface area contributed by atoms with Crippen molar-refractivity contribution in [1.29, 1.82) is 5.26 Å². The molecular weight excluding hydrogens is 434 g/mol. The van der Waals surface area contributed by atoms with Crippen molar-refractivity contribution in [1.82, 2.24) is 5.32 Å². The number of hydrogen-bond donors (Lipinski definition) is 1. The summed E-state index contributed by atoms with van der Waals surface area (Å²) in [5.74, 6) is 0.148. The van der Waals surface area contributed by atoms with Gasteiger partial charge >= 0.3 is 0 Å². The largest absolute Gasteiger partial charge is 0.493 e. The number of methoxy groups -OCH3 is 1. The third-order valence-electron chi connectivity index (χ3n) is 5.12. The van der Waals surface area contributed by atoms with E-state index in [0.717, 1.165) is 25.7 Å². The Bertz CT molecular complexity index is 1090. The topological polar surface area (TPSA) is 114 Å². The molecule has 1 amide bonds. The summed E-state index contributed by atoms with van der Waals surface area (Å²) in [6.45, 7) is 0.0419. The SMILES string of the molecule is COc1cc(/C=C(/C#N)C(=O)NC2CCCC2)cc(Cl)c1OCc1cccc([N+](=O)[O-])c1. The van der Waals surface area contributed by atoms with Crippen molar-refractivity contribution in [2.45, 2.75) is 38.3 Å². The second kappa shape index (κ2) is 10.6. The minimum atomic E-state index is -0.478. The average molecular weight is 456 g/mol. The highest BCUT2D eigenvalue weighted by Crippen LogP contribution is 2.37. The van der Waals surface area contributed by atoms with Crippen molar-refractivity contribution in [2.75, 3.05) is 7.11 Å². The van der Waals surface area contributed by atoms with E-state index < -0.39 is 10.8 Å². The number of benzene rings is 2. The molecule has 2 aromatic carbocycles. The van der Waals surface area contributed by atoms with Gasteiger partial charge in [-0.3, -0.25) is 14.9 Å². The van der Waals surface area contributed by atoms with Crippen molar-refractivity contribution >= 4 is 29.3 Å². The highest BCUT2D eigenvalue weighted by atomic mass is 35.5. The van der Waals surface area contributed by atoms with Crippen molar-refractivity contribution < 1.29 is 19.2 Å². The van der Waals surface area contributed by atoms with Gasteiger partial charge in [-0.05, 0) is 42.2 Å². The van der Waals surface area contributed by atoms with Gasteiger partial charge < -0.3 is 14.8 Å². The molecule has 3 rings (SSSR count). The molecule has 8 nitrogen and oxygen atoms in total. The normalized spacial score (nSPS) is 14.0. The Morgan fingerprint density at radius 2 is 2.09 bits per heavy atom. The lowest BCUT2D eigenvalue weighted by Gasteiger charge is -2.14. The number of non-ortho nitro benzene ring substituents is 1. The summed E-state index contributed by atoms with van der Waals surface area (Å²) in [6, 6.07) is 11.3.